The molecule has 112 valence electrons. The van der Waals surface area contributed by atoms with Gasteiger partial charge in [0.15, 0.2) is 0 Å². The predicted molar refractivity (Wildman–Crippen MR) is 86.8 cm³/mol. The standard InChI is InChI=1S/C17H23N3O/c1-3-18-11-15-10-14-6-4-5-7-16(14)19-17(15)20-8-9-21-12-13(20)2/h4-7,10,13,18H,3,8-9,11-12H2,1-2H3. The van der Waals surface area contributed by atoms with Crippen LogP contribution in [0.5, 0.6) is 0 Å². The molecular formula is C17H23N3O. The number of anilines is 1. The van der Waals surface area contributed by atoms with Crippen molar-refractivity contribution in [2.24, 2.45) is 0 Å². The monoisotopic (exact) mass is 285 g/mol. The van der Waals surface area contributed by atoms with Gasteiger partial charge in [0, 0.05) is 24.0 Å². The van der Waals surface area contributed by atoms with Gasteiger partial charge >= 0.3 is 0 Å². The van der Waals surface area contributed by atoms with Gasteiger partial charge in [-0.15, -0.1) is 0 Å². The Balaban J connectivity index is 2.04. The van der Waals surface area contributed by atoms with Crippen LogP contribution >= 0.6 is 0 Å². The van der Waals surface area contributed by atoms with Crippen LogP contribution in [0.15, 0.2) is 30.3 Å². The summed E-state index contributed by atoms with van der Waals surface area (Å²) in [6, 6.07) is 11.0. The summed E-state index contributed by atoms with van der Waals surface area (Å²) in [6.45, 7) is 8.61. The number of benzene rings is 1. The molecule has 1 saturated heterocycles. The van der Waals surface area contributed by atoms with Crippen molar-refractivity contribution in [2.75, 3.05) is 31.2 Å². The number of hydrogen-bond acceptors (Lipinski definition) is 4. The van der Waals surface area contributed by atoms with Crippen molar-refractivity contribution in [2.45, 2.75) is 26.4 Å². The van der Waals surface area contributed by atoms with Crippen LogP contribution in [0.4, 0.5) is 5.82 Å². The quantitative estimate of drug-likeness (QED) is 0.937. The first-order valence-electron chi connectivity index (χ1n) is 7.73. The number of hydrogen-bond donors (Lipinski definition) is 1. The van der Waals surface area contributed by atoms with Gasteiger partial charge < -0.3 is 15.0 Å². The maximum absolute atomic E-state index is 5.56. The first-order chi connectivity index (χ1) is 10.3. The van der Waals surface area contributed by atoms with Crippen molar-refractivity contribution >= 4 is 16.7 Å². The zero-order valence-corrected chi connectivity index (χ0v) is 12.8. The van der Waals surface area contributed by atoms with E-state index < -0.39 is 0 Å². The Morgan fingerprint density at radius 1 is 1.38 bits per heavy atom. The van der Waals surface area contributed by atoms with Gasteiger partial charge in [0.25, 0.3) is 0 Å². The van der Waals surface area contributed by atoms with E-state index in [1.807, 2.05) is 6.07 Å². The van der Waals surface area contributed by atoms with Gasteiger partial charge in [-0.2, -0.15) is 0 Å². The average molecular weight is 285 g/mol. The SMILES string of the molecule is CCNCc1cc2ccccc2nc1N1CCOCC1C. The Bertz CT molecular complexity index is 614. The van der Waals surface area contributed by atoms with E-state index in [0.29, 0.717) is 6.04 Å². The third-order valence-electron chi connectivity index (χ3n) is 3.99. The molecule has 1 aliphatic heterocycles. The highest BCUT2D eigenvalue weighted by molar-refractivity contribution is 5.82. The predicted octanol–water partition coefficient (Wildman–Crippen LogP) is 2.57. The maximum atomic E-state index is 5.56. The summed E-state index contributed by atoms with van der Waals surface area (Å²) in [5, 5.41) is 4.63. The molecule has 1 aliphatic rings. The molecule has 4 nitrogen and oxygen atoms in total. The number of para-hydroxylation sites is 1. The highest BCUT2D eigenvalue weighted by Crippen LogP contribution is 2.26. The minimum absolute atomic E-state index is 0.368. The first kappa shape index (κ1) is 14.3. The van der Waals surface area contributed by atoms with E-state index in [-0.39, 0.29) is 0 Å². The Morgan fingerprint density at radius 2 is 2.24 bits per heavy atom. The number of nitrogens with zero attached hydrogens (tertiary/aromatic N) is 2. The van der Waals surface area contributed by atoms with Crippen LogP contribution in [0, 0.1) is 0 Å². The van der Waals surface area contributed by atoms with Crippen LogP contribution in [0.3, 0.4) is 0 Å². The average Bonchev–Trinajstić information content (AvgIpc) is 2.52. The number of fused-ring (bicyclic) bond motifs is 1. The van der Waals surface area contributed by atoms with Crippen LogP contribution < -0.4 is 10.2 Å². The Kier molecular flexibility index (Phi) is 4.36. The Hall–Kier alpha value is -1.65. The molecule has 0 spiro atoms. The molecule has 1 aromatic heterocycles. The fourth-order valence-corrected chi connectivity index (χ4v) is 2.83. The number of rotatable bonds is 4. The summed E-state index contributed by atoms with van der Waals surface area (Å²) in [6.07, 6.45) is 0. The zero-order valence-electron chi connectivity index (χ0n) is 12.8. The normalized spacial score (nSPS) is 19.1. The molecule has 0 bridgehead atoms. The number of aromatic nitrogens is 1. The minimum atomic E-state index is 0.368. The summed E-state index contributed by atoms with van der Waals surface area (Å²) in [5.74, 6) is 1.10. The minimum Gasteiger partial charge on any atom is -0.377 e. The molecule has 1 unspecified atom stereocenters. The van der Waals surface area contributed by atoms with Crippen LogP contribution in [0.1, 0.15) is 19.4 Å². The molecule has 3 rings (SSSR count). The van der Waals surface area contributed by atoms with Crippen molar-refractivity contribution in [1.82, 2.24) is 10.3 Å². The summed E-state index contributed by atoms with van der Waals surface area (Å²) >= 11 is 0. The largest absolute Gasteiger partial charge is 0.377 e. The molecule has 2 aromatic rings. The zero-order chi connectivity index (χ0) is 14.7. The first-order valence-corrected chi connectivity index (χ1v) is 7.73. The smallest absolute Gasteiger partial charge is 0.134 e. The highest BCUT2D eigenvalue weighted by atomic mass is 16.5. The van der Waals surface area contributed by atoms with Gasteiger partial charge in [-0.05, 0) is 25.6 Å². The van der Waals surface area contributed by atoms with E-state index in [1.165, 1.54) is 10.9 Å². The second-order valence-corrected chi connectivity index (χ2v) is 5.56. The maximum Gasteiger partial charge on any atom is 0.134 e. The van der Waals surface area contributed by atoms with E-state index in [9.17, 15) is 0 Å². The Labute approximate surface area is 126 Å². The van der Waals surface area contributed by atoms with E-state index in [2.05, 4.69) is 48.3 Å². The molecule has 0 amide bonds. The van der Waals surface area contributed by atoms with Crippen molar-refractivity contribution in [3.05, 3.63) is 35.9 Å². The summed E-state index contributed by atoms with van der Waals surface area (Å²) in [7, 11) is 0. The number of ether oxygens (including phenoxy) is 1. The molecule has 4 heteroatoms. The van der Waals surface area contributed by atoms with Crippen molar-refractivity contribution in [3.63, 3.8) is 0 Å². The fraction of sp³-hybridized carbons (Fsp3) is 0.471. The summed E-state index contributed by atoms with van der Waals surface area (Å²) in [5.41, 5.74) is 2.33. The molecule has 1 N–H and O–H groups in total. The summed E-state index contributed by atoms with van der Waals surface area (Å²) in [4.78, 5) is 7.31. The lowest BCUT2D eigenvalue weighted by atomic mass is 10.1. The Morgan fingerprint density at radius 3 is 3.05 bits per heavy atom. The molecule has 0 radical (unpaired) electrons. The number of pyridine rings is 1. The van der Waals surface area contributed by atoms with Crippen LogP contribution in [0.2, 0.25) is 0 Å². The summed E-state index contributed by atoms with van der Waals surface area (Å²) < 4.78 is 5.56. The van der Waals surface area contributed by atoms with Crippen molar-refractivity contribution < 1.29 is 4.74 Å². The van der Waals surface area contributed by atoms with Crippen LogP contribution in [0.25, 0.3) is 10.9 Å². The van der Waals surface area contributed by atoms with Gasteiger partial charge in [0.05, 0.1) is 24.8 Å². The molecular weight excluding hydrogens is 262 g/mol. The highest BCUT2D eigenvalue weighted by Gasteiger charge is 2.22. The van der Waals surface area contributed by atoms with E-state index in [4.69, 9.17) is 9.72 Å². The molecule has 21 heavy (non-hydrogen) atoms. The van der Waals surface area contributed by atoms with Gasteiger partial charge in [-0.3, -0.25) is 0 Å². The van der Waals surface area contributed by atoms with Gasteiger partial charge in [0.2, 0.25) is 0 Å². The topological polar surface area (TPSA) is 37.4 Å². The molecule has 1 fully saturated rings. The van der Waals surface area contributed by atoms with E-state index in [0.717, 1.165) is 44.2 Å². The van der Waals surface area contributed by atoms with E-state index >= 15 is 0 Å². The van der Waals surface area contributed by atoms with Crippen molar-refractivity contribution in [1.29, 1.82) is 0 Å². The van der Waals surface area contributed by atoms with Crippen molar-refractivity contribution in [3.8, 4) is 0 Å². The second-order valence-electron chi connectivity index (χ2n) is 5.56. The van der Waals surface area contributed by atoms with Crippen LogP contribution in [-0.4, -0.2) is 37.3 Å². The lowest BCUT2D eigenvalue weighted by Crippen LogP contribution is -2.44. The molecule has 0 aliphatic carbocycles. The van der Waals surface area contributed by atoms with Gasteiger partial charge in [0.1, 0.15) is 5.82 Å². The third-order valence-corrected chi connectivity index (χ3v) is 3.99. The molecule has 1 aromatic carbocycles. The lowest BCUT2D eigenvalue weighted by molar-refractivity contribution is 0.0984. The van der Waals surface area contributed by atoms with Gasteiger partial charge in [-0.1, -0.05) is 25.1 Å². The molecule has 0 saturated carbocycles. The van der Waals surface area contributed by atoms with Crippen LogP contribution in [-0.2, 0) is 11.3 Å². The molecule has 1 atom stereocenters. The second kappa shape index (κ2) is 6.41. The number of morpholine rings is 1. The molecule has 2 heterocycles. The lowest BCUT2D eigenvalue weighted by Gasteiger charge is -2.35. The third kappa shape index (κ3) is 3.01. The number of nitrogens with one attached hydrogen (secondary N) is 1. The van der Waals surface area contributed by atoms with Gasteiger partial charge in [-0.25, -0.2) is 4.98 Å². The fourth-order valence-electron chi connectivity index (χ4n) is 2.83. The van der Waals surface area contributed by atoms with E-state index in [1.54, 1.807) is 0 Å².